The van der Waals surface area contributed by atoms with E-state index in [9.17, 15) is 4.39 Å². The Morgan fingerprint density at radius 1 is 1.56 bits per heavy atom. The van der Waals surface area contributed by atoms with Crippen LogP contribution in [-0.4, -0.2) is 17.0 Å². The second-order valence-electron chi connectivity index (χ2n) is 4.16. The summed E-state index contributed by atoms with van der Waals surface area (Å²) in [7, 11) is 0. The predicted molar refractivity (Wildman–Crippen MR) is 68.6 cm³/mol. The van der Waals surface area contributed by atoms with Crippen molar-refractivity contribution in [1.82, 2.24) is 0 Å². The first-order valence-corrected chi connectivity index (χ1v) is 6.90. The highest BCUT2D eigenvalue weighted by Crippen LogP contribution is 2.30. The van der Waals surface area contributed by atoms with E-state index in [4.69, 9.17) is 17.3 Å². The van der Waals surface area contributed by atoms with E-state index >= 15 is 0 Å². The SMILES string of the molecule is NC(Cc1ccc(F)cc1Cl)C1CCCS1. The van der Waals surface area contributed by atoms with Gasteiger partial charge in [0.15, 0.2) is 0 Å². The van der Waals surface area contributed by atoms with E-state index in [1.165, 1.54) is 30.7 Å². The molecule has 0 saturated carbocycles. The fraction of sp³-hybridized carbons (Fsp3) is 0.500. The Morgan fingerprint density at radius 3 is 3.00 bits per heavy atom. The van der Waals surface area contributed by atoms with Gasteiger partial charge in [0, 0.05) is 16.3 Å². The van der Waals surface area contributed by atoms with Crippen LogP contribution in [-0.2, 0) is 6.42 Å². The summed E-state index contributed by atoms with van der Waals surface area (Å²) in [6.07, 6.45) is 3.17. The van der Waals surface area contributed by atoms with Crippen molar-refractivity contribution in [2.45, 2.75) is 30.6 Å². The van der Waals surface area contributed by atoms with Crippen LogP contribution in [0, 0.1) is 5.82 Å². The molecule has 0 radical (unpaired) electrons. The molecule has 2 rings (SSSR count). The van der Waals surface area contributed by atoms with Crippen LogP contribution in [0.1, 0.15) is 18.4 Å². The molecule has 16 heavy (non-hydrogen) atoms. The quantitative estimate of drug-likeness (QED) is 0.902. The van der Waals surface area contributed by atoms with Gasteiger partial charge in [-0.3, -0.25) is 0 Å². The first-order valence-electron chi connectivity index (χ1n) is 5.48. The van der Waals surface area contributed by atoms with Crippen LogP contribution < -0.4 is 5.73 Å². The Hall–Kier alpha value is -0.250. The van der Waals surface area contributed by atoms with Crippen LogP contribution in [0.5, 0.6) is 0 Å². The first kappa shape index (κ1) is 12.2. The van der Waals surface area contributed by atoms with Gasteiger partial charge in [-0.25, -0.2) is 4.39 Å². The third-order valence-corrected chi connectivity index (χ3v) is 4.80. The molecule has 1 aromatic rings. The maximum absolute atomic E-state index is 12.9. The van der Waals surface area contributed by atoms with Gasteiger partial charge in [-0.1, -0.05) is 17.7 Å². The fourth-order valence-corrected chi connectivity index (χ4v) is 3.57. The molecule has 1 aliphatic rings. The van der Waals surface area contributed by atoms with Gasteiger partial charge in [0.2, 0.25) is 0 Å². The highest BCUT2D eigenvalue weighted by molar-refractivity contribution is 8.00. The van der Waals surface area contributed by atoms with Crippen molar-refractivity contribution in [2.75, 3.05) is 5.75 Å². The Kier molecular flexibility index (Phi) is 4.11. The number of thioether (sulfide) groups is 1. The molecule has 88 valence electrons. The highest BCUT2D eigenvalue weighted by atomic mass is 35.5. The molecule has 1 aliphatic heterocycles. The Balaban J connectivity index is 2.02. The lowest BCUT2D eigenvalue weighted by molar-refractivity contribution is 0.604. The average molecular weight is 260 g/mol. The van der Waals surface area contributed by atoms with Crippen LogP contribution in [0.3, 0.4) is 0 Å². The Labute approximate surface area is 105 Å². The molecular formula is C12H15ClFNS. The summed E-state index contributed by atoms with van der Waals surface area (Å²) in [5.41, 5.74) is 7.09. The minimum Gasteiger partial charge on any atom is -0.326 e. The van der Waals surface area contributed by atoms with E-state index in [0.29, 0.717) is 10.3 Å². The largest absolute Gasteiger partial charge is 0.326 e. The molecule has 1 fully saturated rings. The van der Waals surface area contributed by atoms with Crippen LogP contribution in [0.25, 0.3) is 0 Å². The van der Waals surface area contributed by atoms with Crippen molar-refractivity contribution < 1.29 is 4.39 Å². The Bertz CT molecular complexity index is 366. The smallest absolute Gasteiger partial charge is 0.124 e. The van der Waals surface area contributed by atoms with Gasteiger partial charge in [0.05, 0.1) is 0 Å². The standard InChI is InChI=1S/C12H15ClFNS/c13-10-7-9(14)4-3-8(10)6-11(15)12-2-1-5-16-12/h3-4,7,11-12H,1-2,5-6,15H2. The number of hydrogen-bond acceptors (Lipinski definition) is 2. The summed E-state index contributed by atoms with van der Waals surface area (Å²) in [5, 5.41) is 1.01. The Morgan fingerprint density at radius 2 is 2.38 bits per heavy atom. The van der Waals surface area contributed by atoms with Gasteiger partial charge in [-0.2, -0.15) is 11.8 Å². The van der Waals surface area contributed by atoms with E-state index in [2.05, 4.69) is 0 Å². The third kappa shape index (κ3) is 2.90. The third-order valence-electron chi connectivity index (χ3n) is 2.91. The van der Waals surface area contributed by atoms with Gasteiger partial charge < -0.3 is 5.73 Å². The lowest BCUT2D eigenvalue weighted by Crippen LogP contribution is -2.33. The number of rotatable bonds is 3. The zero-order chi connectivity index (χ0) is 11.5. The zero-order valence-electron chi connectivity index (χ0n) is 8.96. The number of benzene rings is 1. The van der Waals surface area contributed by atoms with Gasteiger partial charge >= 0.3 is 0 Å². The zero-order valence-corrected chi connectivity index (χ0v) is 10.5. The van der Waals surface area contributed by atoms with Crippen molar-refractivity contribution in [1.29, 1.82) is 0 Å². The first-order chi connectivity index (χ1) is 7.66. The highest BCUT2D eigenvalue weighted by Gasteiger charge is 2.23. The van der Waals surface area contributed by atoms with Crippen LogP contribution in [0.2, 0.25) is 5.02 Å². The summed E-state index contributed by atoms with van der Waals surface area (Å²) in [4.78, 5) is 0. The van der Waals surface area contributed by atoms with Crippen molar-refractivity contribution in [3.63, 3.8) is 0 Å². The van der Waals surface area contributed by atoms with Crippen LogP contribution >= 0.6 is 23.4 Å². The molecule has 0 bridgehead atoms. The van der Waals surface area contributed by atoms with E-state index in [1.54, 1.807) is 6.07 Å². The summed E-state index contributed by atoms with van der Waals surface area (Å²) in [6.45, 7) is 0. The number of nitrogens with two attached hydrogens (primary N) is 1. The van der Waals surface area contributed by atoms with Gasteiger partial charge in [0.25, 0.3) is 0 Å². The number of halogens is 2. The van der Waals surface area contributed by atoms with Crippen molar-refractivity contribution in [2.24, 2.45) is 5.73 Å². The molecule has 1 nitrogen and oxygen atoms in total. The summed E-state index contributed by atoms with van der Waals surface area (Å²) in [6, 6.07) is 4.65. The lowest BCUT2D eigenvalue weighted by Gasteiger charge is -2.18. The molecule has 1 aromatic carbocycles. The molecule has 0 aromatic heterocycles. The lowest BCUT2D eigenvalue weighted by atomic mass is 10.0. The molecule has 2 N–H and O–H groups in total. The van der Waals surface area contributed by atoms with Crippen molar-refractivity contribution in [3.8, 4) is 0 Å². The van der Waals surface area contributed by atoms with E-state index in [-0.39, 0.29) is 11.9 Å². The summed E-state index contributed by atoms with van der Waals surface area (Å²) >= 11 is 7.91. The normalized spacial score (nSPS) is 22.3. The maximum Gasteiger partial charge on any atom is 0.124 e. The van der Waals surface area contributed by atoms with Crippen LogP contribution in [0.4, 0.5) is 4.39 Å². The minimum absolute atomic E-state index is 0.121. The molecule has 1 heterocycles. The average Bonchev–Trinajstić information content (AvgIpc) is 2.75. The van der Waals surface area contributed by atoms with E-state index in [0.717, 1.165) is 12.0 Å². The molecule has 1 saturated heterocycles. The molecule has 0 amide bonds. The monoisotopic (exact) mass is 259 g/mol. The topological polar surface area (TPSA) is 26.0 Å². The maximum atomic E-state index is 12.9. The van der Waals surface area contributed by atoms with E-state index < -0.39 is 0 Å². The molecular weight excluding hydrogens is 245 g/mol. The van der Waals surface area contributed by atoms with Gasteiger partial charge in [-0.15, -0.1) is 0 Å². The van der Waals surface area contributed by atoms with Crippen LogP contribution in [0.15, 0.2) is 18.2 Å². The predicted octanol–water partition coefficient (Wildman–Crippen LogP) is 3.24. The van der Waals surface area contributed by atoms with Crippen molar-refractivity contribution in [3.05, 3.63) is 34.6 Å². The summed E-state index contributed by atoms with van der Waals surface area (Å²) in [5.74, 6) is 0.910. The molecule has 2 atom stereocenters. The molecule has 0 aliphatic carbocycles. The fourth-order valence-electron chi connectivity index (χ4n) is 2.01. The molecule has 0 spiro atoms. The van der Waals surface area contributed by atoms with E-state index in [1.807, 2.05) is 11.8 Å². The molecule has 2 unspecified atom stereocenters. The second-order valence-corrected chi connectivity index (χ2v) is 5.91. The molecule has 4 heteroatoms. The van der Waals surface area contributed by atoms with Gasteiger partial charge in [-0.05, 0) is 42.7 Å². The summed E-state index contributed by atoms with van der Waals surface area (Å²) < 4.78 is 12.9. The van der Waals surface area contributed by atoms with Gasteiger partial charge in [0.1, 0.15) is 5.82 Å². The van der Waals surface area contributed by atoms with Crippen molar-refractivity contribution >= 4 is 23.4 Å². The number of hydrogen-bond donors (Lipinski definition) is 1. The minimum atomic E-state index is -0.294. The second kappa shape index (κ2) is 5.39.